The van der Waals surface area contributed by atoms with Gasteiger partial charge in [-0.15, -0.1) is 0 Å². The monoisotopic (exact) mass is 420 g/mol. The summed E-state index contributed by atoms with van der Waals surface area (Å²) in [4.78, 5) is 14.8. The van der Waals surface area contributed by atoms with E-state index in [1.165, 1.54) is 16.6 Å². The number of carbonyl (C=O) groups is 1. The second kappa shape index (κ2) is 9.43. The first-order valence-corrected chi connectivity index (χ1v) is 11.1. The Morgan fingerprint density at radius 2 is 1.90 bits per heavy atom. The van der Waals surface area contributed by atoms with Crippen molar-refractivity contribution >= 4 is 21.6 Å². The predicted molar refractivity (Wildman–Crippen MR) is 112 cm³/mol. The summed E-state index contributed by atoms with van der Waals surface area (Å²) in [5, 5.41) is 2.88. The van der Waals surface area contributed by atoms with Crippen molar-refractivity contribution in [1.82, 2.24) is 14.2 Å². The van der Waals surface area contributed by atoms with E-state index in [1.54, 1.807) is 11.6 Å². The Labute approximate surface area is 172 Å². The minimum atomic E-state index is -3.62. The van der Waals surface area contributed by atoms with Gasteiger partial charge in [-0.05, 0) is 24.6 Å². The summed E-state index contributed by atoms with van der Waals surface area (Å²) < 4.78 is 33.7. The molecule has 0 bridgehead atoms. The van der Waals surface area contributed by atoms with Crippen LogP contribution in [0.5, 0.6) is 0 Å². The molecular formula is C20H28N4O4S. The van der Waals surface area contributed by atoms with E-state index >= 15 is 0 Å². The summed E-state index contributed by atoms with van der Waals surface area (Å²) in [6, 6.07) is 11.5. The van der Waals surface area contributed by atoms with E-state index < -0.39 is 10.0 Å². The van der Waals surface area contributed by atoms with Gasteiger partial charge in [0.25, 0.3) is 5.91 Å². The number of carbonyl (C=O) groups excluding carboxylic acids is 1. The highest BCUT2D eigenvalue weighted by molar-refractivity contribution is 7.89. The lowest BCUT2D eigenvalue weighted by molar-refractivity contribution is 0.0730. The van der Waals surface area contributed by atoms with Gasteiger partial charge in [0.2, 0.25) is 10.0 Å². The van der Waals surface area contributed by atoms with Gasteiger partial charge in [0.15, 0.2) is 0 Å². The number of rotatable bonds is 8. The number of benzene rings is 1. The summed E-state index contributed by atoms with van der Waals surface area (Å²) in [5.41, 5.74) is 1.45. The molecule has 1 aliphatic rings. The Morgan fingerprint density at radius 3 is 2.59 bits per heavy atom. The molecule has 1 amide bonds. The fourth-order valence-electron chi connectivity index (χ4n) is 3.26. The average Bonchev–Trinajstić information content (AvgIpc) is 3.14. The first-order valence-electron chi connectivity index (χ1n) is 9.68. The molecule has 1 N–H and O–H groups in total. The number of aryl methyl sites for hydroxylation is 1. The molecular weight excluding hydrogens is 392 g/mol. The van der Waals surface area contributed by atoms with E-state index in [-0.39, 0.29) is 10.8 Å². The summed E-state index contributed by atoms with van der Waals surface area (Å²) >= 11 is 0. The van der Waals surface area contributed by atoms with Crippen molar-refractivity contribution in [3.05, 3.63) is 48.3 Å². The third-order valence-electron chi connectivity index (χ3n) is 4.97. The third-order valence-corrected chi connectivity index (χ3v) is 6.84. The maximum Gasteiger partial charge on any atom is 0.267 e. The minimum absolute atomic E-state index is 0.135. The second-order valence-corrected chi connectivity index (χ2v) is 8.99. The fourth-order valence-corrected chi connectivity index (χ4v) is 4.74. The van der Waals surface area contributed by atoms with Crippen LogP contribution in [0, 0.1) is 0 Å². The molecule has 29 heavy (non-hydrogen) atoms. The number of hydrogen-bond donors (Lipinski definition) is 1. The molecule has 1 aromatic heterocycles. The van der Waals surface area contributed by atoms with Crippen molar-refractivity contribution < 1.29 is 17.9 Å². The van der Waals surface area contributed by atoms with Gasteiger partial charge in [-0.1, -0.05) is 18.2 Å². The Morgan fingerprint density at radius 1 is 1.21 bits per heavy atom. The number of para-hydroxylation sites is 1. The molecule has 1 aromatic carbocycles. The highest BCUT2D eigenvalue weighted by Crippen LogP contribution is 2.19. The number of ether oxygens (including phenoxy) is 1. The van der Waals surface area contributed by atoms with Crippen LogP contribution in [0.3, 0.4) is 0 Å². The lowest BCUT2D eigenvalue weighted by Gasteiger charge is -2.25. The standard InChI is InChI=1S/C20H28N4O4S/c1-22(17-7-4-3-5-8-17)10-6-9-21-20(25)19-15-18(16-23(19)2)29(26,27)24-11-13-28-14-12-24/h3-5,7-8,15-16H,6,9-14H2,1-2H3,(H,21,25). The topological polar surface area (TPSA) is 83.9 Å². The van der Waals surface area contributed by atoms with Crippen LogP contribution in [-0.2, 0) is 21.8 Å². The summed E-state index contributed by atoms with van der Waals surface area (Å²) in [6.07, 6.45) is 2.27. The molecule has 0 saturated carbocycles. The maximum atomic E-state index is 12.8. The number of anilines is 1. The highest BCUT2D eigenvalue weighted by Gasteiger charge is 2.28. The van der Waals surface area contributed by atoms with E-state index in [2.05, 4.69) is 10.2 Å². The molecule has 0 unspecified atom stereocenters. The third kappa shape index (κ3) is 5.17. The van der Waals surface area contributed by atoms with E-state index in [0.29, 0.717) is 38.5 Å². The van der Waals surface area contributed by atoms with Gasteiger partial charge in [0, 0.05) is 52.2 Å². The Bertz CT molecular complexity index is 921. The zero-order chi connectivity index (χ0) is 20.9. The number of hydrogen-bond acceptors (Lipinski definition) is 5. The predicted octanol–water partition coefficient (Wildman–Crippen LogP) is 1.30. The van der Waals surface area contributed by atoms with Gasteiger partial charge >= 0.3 is 0 Å². The van der Waals surface area contributed by atoms with Crippen molar-refractivity contribution in [2.24, 2.45) is 7.05 Å². The van der Waals surface area contributed by atoms with E-state index in [4.69, 9.17) is 4.74 Å². The number of nitrogens with one attached hydrogen (secondary N) is 1. The minimum Gasteiger partial charge on any atom is -0.379 e. The van der Waals surface area contributed by atoms with Gasteiger partial charge in [0.1, 0.15) is 10.6 Å². The van der Waals surface area contributed by atoms with Crippen LogP contribution in [0.4, 0.5) is 5.69 Å². The molecule has 9 heteroatoms. The molecule has 1 fully saturated rings. The van der Waals surface area contributed by atoms with Crippen LogP contribution >= 0.6 is 0 Å². The van der Waals surface area contributed by atoms with E-state index in [0.717, 1.165) is 18.7 Å². The average molecular weight is 421 g/mol. The Kier molecular flexibility index (Phi) is 6.94. The molecule has 1 aliphatic heterocycles. The quantitative estimate of drug-likeness (QED) is 0.651. The van der Waals surface area contributed by atoms with Crippen LogP contribution in [0.1, 0.15) is 16.9 Å². The smallest absolute Gasteiger partial charge is 0.267 e. The largest absolute Gasteiger partial charge is 0.379 e. The Balaban J connectivity index is 1.55. The molecule has 0 aliphatic carbocycles. The van der Waals surface area contributed by atoms with Crippen LogP contribution in [-0.4, -0.2) is 69.6 Å². The lowest BCUT2D eigenvalue weighted by atomic mass is 10.3. The van der Waals surface area contributed by atoms with Crippen molar-refractivity contribution in [2.45, 2.75) is 11.3 Å². The maximum absolute atomic E-state index is 12.8. The van der Waals surface area contributed by atoms with Crippen molar-refractivity contribution in [3.8, 4) is 0 Å². The molecule has 3 rings (SSSR count). The zero-order valence-electron chi connectivity index (χ0n) is 16.9. The fraction of sp³-hybridized carbons (Fsp3) is 0.450. The van der Waals surface area contributed by atoms with E-state index in [1.807, 2.05) is 37.4 Å². The molecule has 2 aromatic rings. The number of morpholine rings is 1. The van der Waals surface area contributed by atoms with Gasteiger partial charge in [-0.3, -0.25) is 4.79 Å². The van der Waals surface area contributed by atoms with Crippen LogP contribution < -0.4 is 10.2 Å². The van der Waals surface area contributed by atoms with Gasteiger partial charge < -0.3 is 19.5 Å². The number of nitrogens with zero attached hydrogens (tertiary/aromatic N) is 3. The van der Waals surface area contributed by atoms with Crippen LogP contribution in [0.15, 0.2) is 47.5 Å². The summed E-state index contributed by atoms with van der Waals surface area (Å²) in [5.74, 6) is -0.279. The first kappa shape index (κ1) is 21.4. The molecule has 0 atom stereocenters. The van der Waals surface area contributed by atoms with Gasteiger partial charge in [0.05, 0.1) is 13.2 Å². The summed E-state index contributed by atoms with van der Waals surface area (Å²) in [6.45, 7) is 2.73. The SMILES string of the molecule is CN(CCCNC(=O)c1cc(S(=O)(=O)N2CCOCC2)cn1C)c1ccccc1. The summed E-state index contributed by atoms with van der Waals surface area (Å²) in [7, 11) is 0.0696. The van der Waals surface area contributed by atoms with Crippen LogP contribution in [0.25, 0.3) is 0 Å². The van der Waals surface area contributed by atoms with Crippen molar-refractivity contribution in [1.29, 1.82) is 0 Å². The Hall–Kier alpha value is -2.36. The lowest BCUT2D eigenvalue weighted by Crippen LogP contribution is -2.40. The number of aromatic nitrogens is 1. The molecule has 8 nitrogen and oxygen atoms in total. The van der Waals surface area contributed by atoms with Crippen molar-refractivity contribution in [2.75, 3.05) is 51.3 Å². The number of amides is 1. The zero-order valence-corrected chi connectivity index (χ0v) is 17.7. The van der Waals surface area contributed by atoms with Crippen LogP contribution in [0.2, 0.25) is 0 Å². The normalized spacial score (nSPS) is 15.2. The number of sulfonamides is 1. The molecule has 0 spiro atoms. The van der Waals surface area contributed by atoms with E-state index in [9.17, 15) is 13.2 Å². The molecule has 0 radical (unpaired) electrons. The molecule has 2 heterocycles. The molecule has 158 valence electrons. The van der Waals surface area contributed by atoms with Crippen molar-refractivity contribution in [3.63, 3.8) is 0 Å². The second-order valence-electron chi connectivity index (χ2n) is 7.05. The highest BCUT2D eigenvalue weighted by atomic mass is 32.2. The van der Waals surface area contributed by atoms with Gasteiger partial charge in [-0.25, -0.2) is 8.42 Å². The molecule has 1 saturated heterocycles. The van der Waals surface area contributed by atoms with Gasteiger partial charge in [-0.2, -0.15) is 4.31 Å². The first-order chi connectivity index (χ1) is 13.9.